The molecule has 1 saturated heterocycles. The molecule has 1 heterocycles. The third-order valence-corrected chi connectivity index (χ3v) is 7.50. The number of carboxylic acid groups (broad SMARTS) is 1. The van der Waals surface area contributed by atoms with Crippen molar-refractivity contribution in [2.75, 3.05) is 13.2 Å². The summed E-state index contributed by atoms with van der Waals surface area (Å²) in [4.78, 5) is 39.3. The summed E-state index contributed by atoms with van der Waals surface area (Å²) in [5.41, 5.74) is 3.46. The maximum Gasteiger partial charge on any atom is 0.407 e. The standard InChI is InChI=1S/C28H34N2O5/c1-3-10-19(17-25(31)30-16-9-15-28(30,4-2)26(32)33)29-27(34)35-18-24-22-13-7-5-11-20(22)21-12-6-8-14-23(21)24/h5-8,11-14,19,24H,3-4,9-10,15-18H2,1-2H3,(H,29,34)(H,32,33)/t19-,28?/m0/s1. The van der Waals surface area contributed by atoms with E-state index in [1.165, 1.54) is 4.90 Å². The summed E-state index contributed by atoms with van der Waals surface area (Å²) in [5, 5.41) is 12.7. The zero-order valence-corrected chi connectivity index (χ0v) is 20.5. The van der Waals surface area contributed by atoms with Gasteiger partial charge in [0.2, 0.25) is 5.91 Å². The van der Waals surface area contributed by atoms with Crippen LogP contribution < -0.4 is 5.32 Å². The van der Waals surface area contributed by atoms with Crippen LogP contribution in [-0.4, -0.2) is 52.7 Å². The van der Waals surface area contributed by atoms with Gasteiger partial charge >= 0.3 is 12.1 Å². The monoisotopic (exact) mass is 478 g/mol. The molecule has 2 aliphatic rings. The highest BCUT2D eigenvalue weighted by Gasteiger charge is 2.48. The lowest BCUT2D eigenvalue weighted by atomic mass is 9.92. The first-order chi connectivity index (χ1) is 16.9. The summed E-state index contributed by atoms with van der Waals surface area (Å²) in [5.74, 6) is -1.23. The van der Waals surface area contributed by atoms with Crippen LogP contribution >= 0.6 is 0 Å². The fourth-order valence-corrected chi connectivity index (χ4v) is 5.68. The molecular formula is C28H34N2O5. The van der Waals surface area contributed by atoms with Crippen LogP contribution in [0.15, 0.2) is 48.5 Å². The van der Waals surface area contributed by atoms with Crippen molar-refractivity contribution in [2.45, 2.75) is 69.9 Å². The molecular weight excluding hydrogens is 444 g/mol. The molecule has 2 aromatic rings. The Morgan fingerprint density at radius 2 is 1.71 bits per heavy atom. The topological polar surface area (TPSA) is 95.9 Å². The Morgan fingerprint density at radius 3 is 2.29 bits per heavy atom. The van der Waals surface area contributed by atoms with Crippen LogP contribution in [0.2, 0.25) is 0 Å². The molecule has 7 heteroatoms. The minimum absolute atomic E-state index is 0.0373. The minimum Gasteiger partial charge on any atom is -0.479 e. The second-order valence-corrected chi connectivity index (χ2v) is 9.50. The van der Waals surface area contributed by atoms with Crippen LogP contribution in [0, 0.1) is 0 Å². The van der Waals surface area contributed by atoms with Gasteiger partial charge in [-0.1, -0.05) is 68.8 Å². The van der Waals surface area contributed by atoms with Crippen LogP contribution in [0.5, 0.6) is 0 Å². The van der Waals surface area contributed by atoms with Gasteiger partial charge in [-0.25, -0.2) is 9.59 Å². The van der Waals surface area contributed by atoms with Gasteiger partial charge in [0.15, 0.2) is 0 Å². The zero-order valence-electron chi connectivity index (χ0n) is 20.5. The number of carbonyl (C=O) groups is 3. The van der Waals surface area contributed by atoms with E-state index in [1.54, 1.807) is 6.92 Å². The molecule has 4 rings (SSSR count). The van der Waals surface area contributed by atoms with Crippen molar-refractivity contribution in [3.05, 3.63) is 59.7 Å². The van der Waals surface area contributed by atoms with Crippen molar-refractivity contribution in [1.29, 1.82) is 0 Å². The van der Waals surface area contributed by atoms with Crippen LogP contribution in [0.1, 0.15) is 69.4 Å². The normalized spacial score (nSPS) is 19.7. The number of benzene rings is 2. The number of amides is 2. The van der Waals surface area contributed by atoms with E-state index in [9.17, 15) is 19.5 Å². The second-order valence-electron chi connectivity index (χ2n) is 9.50. The van der Waals surface area contributed by atoms with Crippen LogP contribution in [-0.2, 0) is 14.3 Å². The van der Waals surface area contributed by atoms with Gasteiger partial charge < -0.3 is 20.1 Å². The van der Waals surface area contributed by atoms with Crippen LogP contribution in [0.4, 0.5) is 4.79 Å². The second kappa shape index (κ2) is 10.5. The van der Waals surface area contributed by atoms with Gasteiger partial charge in [-0.05, 0) is 47.9 Å². The number of ether oxygens (including phenoxy) is 1. The smallest absolute Gasteiger partial charge is 0.407 e. The van der Waals surface area contributed by atoms with Crippen molar-refractivity contribution in [1.82, 2.24) is 10.2 Å². The fourth-order valence-electron chi connectivity index (χ4n) is 5.68. The number of hydrogen-bond donors (Lipinski definition) is 2. The summed E-state index contributed by atoms with van der Waals surface area (Å²) < 4.78 is 5.65. The largest absolute Gasteiger partial charge is 0.479 e. The summed E-state index contributed by atoms with van der Waals surface area (Å²) >= 11 is 0. The highest BCUT2D eigenvalue weighted by molar-refractivity contribution is 5.88. The Bertz CT molecular complexity index is 1050. The Kier molecular flexibility index (Phi) is 7.43. The molecule has 1 fully saturated rings. The Morgan fingerprint density at radius 1 is 1.09 bits per heavy atom. The lowest BCUT2D eigenvalue weighted by Gasteiger charge is -2.35. The van der Waals surface area contributed by atoms with E-state index in [1.807, 2.05) is 31.2 Å². The Balaban J connectivity index is 1.39. The van der Waals surface area contributed by atoms with Gasteiger partial charge in [0.25, 0.3) is 0 Å². The number of carbonyl (C=O) groups excluding carboxylic acids is 2. The number of fused-ring (bicyclic) bond motifs is 3. The fraction of sp³-hybridized carbons (Fsp3) is 0.464. The molecule has 1 aliphatic heterocycles. The molecule has 2 atom stereocenters. The number of nitrogens with zero attached hydrogens (tertiary/aromatic N) is 1. The molecule has 7 nitrogen and oxygen atoms in total. The summed E-state index contributed by atoms with van der Waals surface area (Å²) in [6.45, 7) is 4.43. The van der Waals surface area contributed by atoms with Gasteiger partial charge in [0, 0.05) is 24.9 Å². The van der Waals surface area contributed by atoms with E-state index in [0.717, 1.165) is 28.7 Å². The van der Waals surface area contributed by atoms with Crippen molar-refractivity contribution < 1.29 is 24.2 Å². The predicted molar refractivity (Wildman–Crippen MR) is 133 cm³/mol. The van der Waals surface area contributed by atoms with Gasteiger partial charge in [-0.2, -0.15) is 0 Å². The summed E-state index contributed by atoms with van der Waals surface area (Å²) in [6, 6.07) is 15.9. The van der Waals surface area contributed by atoms with Gasteiger partial charge in [-0.3, -0.25) is 4.79 Å². The van der Waals surface area contributed by atoms with Gasteiger partial charge in [0.1, 0.15) is 12.1 Å². The van der Waals surface area contributed by atoms with Crippen molar-refractivity contribution in [2.24, 2.45) is 0 Å². The number of likely N-dealkylation sites (tertiary alicyclic amines) is 1. The van der Waals surface area contributed by atoms with E-state index in [2.05, 4.69) is 29.6 Å². The molecule has 0 radical (unpaired) electrons. The first kappa shape index (κ1) is 24.8. The minimum atomic E-state index is -1.14. The number of carboxylic acids is 1. The molecule has 2 aromatic carbocycles. The van der Waals surface area contributed by atoms with Crippen molar-refractivity contribution >= 4 is 18.0 Å². The Labute approximate surface area is 206 Å². The molecule has 0 aromatic heterocycles. The molecule has 2 amide bonds. The highest BCUT2D eigenvalue weighted by atomic mass is 16.5. The molecule has 35 heavy (non-hydrogen) atoms. The maximum absolute atomic E-state index is 13.1. The van der Waals surface area contributed by atoms with Crippen LogP contribution in [0.3, 0.4) is 0 Å². The number of alkyl carbamates (subject to hydrolysis) is 1. The Hall–Kier alpha value is -3.35. The van der Waals surface area contributed by atoms with E-state index in [0.29, 0.717) is 32.2 Å². The third-order valence-electron chi connectivity index (χ3n) is 7.50. The number of aliphatic carboxylic acids is 1. The van der Waals surface area contributed by atoms with Crippen molar-refractivity contribution in [3.8, 4) is 11.1 Å². The lowest BCUT2D eigenvalue weighted by molar-refractivity contribution is -0.157. The SMILES string of the molecule is CCC[C@@H](CC(=O)N1CCCC1(CC)C(=O)O)NC(=O)OCC1c2ccccc2-c2ccccc21. The van der Waals surface area contributed by atoms with Crippen molar-refractivity contribution in [3.63, 3.8) is 0 Å². The number of rotatable bonds is 9. The molecule has 0 bridgehead atoms. The van der Waals surface area contributed by atoms with E-state index < -0.39 is 23.6 Å². The van der Waals surface area contributed by atoms with Gasteiger partial charge in [0.05, 0.1) is 0 Å². The molecule has 1 aliphatic carbocycles. The molecule has 0 saturated carbocycles. The van der Waals surface area contributed by atoms with Gasteiger partial charge in [-0.15, -0.1) is 0 Å². The lowest BCUT2D eigenvalue weighted by Crippen LogP contribution is -2.54. The summed E-state index contributed by atoms with van der Waals surface area (Å²) in [7, 11) is 0. The quantitative estimate of drug-likeness (QED) is 0.532. The molecule has 1 unspecified atom stereocenters. The first-order valence-corrected chi connectivity index (χ1v) is 12.6. The summed E-state index contributed by atoms with van der Waals surface area (Å²) in [6.07, 6.45) is 2.39. The zero-order chi connectivity index (χ0) is 25.0. The first-order valence-electron chi connectivity index (χ1n) is 12.6. The third kappa shape index (κ3) is 4.77. The number of nitrogens with one attached hydrogen (secondary N) is 1. The maximum atomic E-state index is 13.1. The molecule has 0 spiro atoms. The molecule has 186 valence electrons. The number of hydrogen-bond acceptors (Lipinski definition) is 4. The van der Waals surface area contributed by atoms with E-state index in [4.69, 9.17) is 4.74 Å². The molecule has 2 N–H and O–H groups in total. The average molecular weight is 479 g/mol. The predicted octanol–water partition coefficient (Wildman–Crippen LogP) is 4.94. The average Bonchev–Trinajstić information content (AvgIpc) is 3.43. The highest BCUT2D eigenvalue weighted by Crippen LogP contribution is 2.44. The van der Waals surface area contributed by atoms with E-state index in [-0.39, 0.29) is 24.9 Å². The van der Waals surface area contributed by atoms with E-state index >= 15 is 0 Å². The van der Waals surface area contributed by atoms with Crippen LogP contribution in [0.25, 0.3) is 11.1 Å².